The first-order valence-corrected chi connectivity index (χ1v) is 7.49. The predicted octanol–water partition coefficient (Wildman–Crippen LogP) is 2.38. The number of benzene rings is 1. The first-order valence-electron chi connectivity index (χ1n) is 7.11. The van der Waals surface area contributed by atoms with Crippen LogP contribution in [0.2, 0.25) is 5.02 Å². The first-order chi connectivity index (χ1) is 10.7. The number of amides is 1. The Morgan fingerprint density at radius 3 is 2.77 bits per heavy atom. The molecule has 0 unspecified atom stereocenters. The van der Waals surface area contributed by atoms with Gasteiger partial charge >= 0.3 is 0 Å². The predicted molar refractivity (Wildman–Crippen MR) is 86.1 cm³/mol. The zero-order valence-corrected chi connectivity index (χ0v) is 13.3. The smallest absolute Gasteiger partial charge is 0.263 e. The molecule has 0 aliphatic carbocycles. The normalized spacial score (nSPS) is 10.9. The molecule has 0 saturated heterocycles. The van der Waals surface area contributed by atoms with Crippen LogP contribution in [0, 0.1) is 11.3 Å². The van der Waals surface area contributed by atoms with Crippen LogP contribution in [0.1, 0.15) is 18.9 Å². The number of rotatable bonds is 9. The van der Waals surface area contributed by atoms with Crippen molar-refractivity contribution in [1.82, 2.24) is 10.6 Å². The third kappa shape index (κ3) is 7.11. The van der Waals surface area contributed by atoms with Gasteiger partial charge in [0, 0.05) is 37.5 Å². The maximum atomic E-state index is 11.8. The molecule has 0 aliphatic heterocycles. The fraction of sp³-hybridized carbons (Fsp3) is 0.375. The summed E-state index contributed by atoms with van der Waals surface area (Å²) in [7, 11) is 0. The van der Waals surface area contributed by atoms with Crippen molar-refractivity contribution in [3.05, 3.63) is 46.6 Å². The van der Waals surface area contributed by atoms with Gasteiger partial charge in [0.15, 0.2) is 0 Å². The second-order valence-electron chi connectivity index (χ2n) is 4.48. The maximum Gasteiger partial charge on any atom is 0.263 e. The Hall–Kier alpha value is -2.03. The van der Waals surface area contributed by atoms with Gasteiger partial charge in [-0.2, -0.15) is 5.26 Å². The molecule has 2 N–H and O–H groups in total. The summed E-state index contributed by atoms with van der Waals surface area (Å²) in [4.78, 5) is 11.8. The molecule has 0 atom stereocenters. The molecule has 0 heterocycles. The van der Waals surface area contributed by atoms with Gasteiger partial charge in [-0.15, -0.1) is 0 Å². The van der Waals surface area contributed by atoms with Gasteiger partial charge in [-0.1, -0.05) is 23.7 Å². The van der Waals surface area contributed by atoms with Gasteiger partial charge in [0.25, 0.3) is 5.91 Å². The minimum atomic E-state index is -0.386. The topological polar surface area (TPSA) is 74.1 Å². The zero-order chi connectivity index (χ0) is 16.2. The molecule has 0 aromatic heterocycles. The van der Waals surface area contributed by atoms with Crippen LogP contribution in [0.15, 0.2) is 36.0 Å². The molecule has 1 rings (SSSR count). The molecule has 0 spiro atoms. The van der Waals surface area contributed by atoms with E-state index in [0.29, 0.717) is 31.3 Å². The molecule has 1 aromatic rings. The Morgan fingerprint density at radius 2 is 2.14 bits per heavy atom. The van der Waals surface area contributed by atoms with Crippen LogP contribution in [0.4, 0.5) is 0 Å². The number of halogens is 1. The Bertz CT molecular complexity index is 535. The van der Waals surface area contributed by atoms with Gasteiger partial charge in [-0.25, -0.2) is 0 Å². The lowest BCUT2D eigenvalue weighted by Crippen LogP contribution is -2.27. The van der Waals surface area contributed by atoms with Crippen LogP contribution in [0.5, 0.6) is 0 Å². The number of carbonyl (C=O) groups is 1. The third-order valence-electron chi connectivity index (χ3n) is 2.79. The molecule has 6 heteroatoms. The summed E-state index contributed by atoms with van der Waals surface area (Å²) in [5.41, 5.74) is 1.06. The van der Waals surface area contributed by atoms with E-state index in [2.05, 4.69) is 10.6 Å². The lowest BCUT2D eigenvalue weighted by molar-refractivity contribution is -0.117. The van der Waals surface area contributed by atoms with Crippen LogP contribution in [0.3, 0.4) is 0 Å². The van der Waals surface area contributed by atoms with Crippen LogP contribution < -0.4 is 10.6 Å². The van der Waals surface area contributed by atoms with Crippen LogP contribution in [-0.4, -0.2) is 25.7 Å². The molecular weight excluding hydrogens is 302 g/mol. The van der Waals surface area contributed by atoms with Gasteiger partial charge in [0.2, 0.25) is 0 Å². The molecule has 1 amide bonds. The molecule has 0 fully saturated rings. The van der Waals surface area contributed by atoms with E-state index in [9.17, 15) is 4.79 Å². The molecular formula is C16H20ClN3O2. The molecule has 22 heavy (non-hydrogen) atoms. The summed E-state index contributed by atoms with van der Waals surface area (Å²) in [6.45, 7) is 4.17. The zero-order valence-electron chi connectivity index (χ0n) is 12.6. The van der Waals surface area contributed by atoms with Crippen molar-refractivity contribution < 1.29 is 9.53 Å². The Morgan fingerprint density at radius 1 is 1.41 bits per heavy atom. The van der Waals surface area contributed by atoms with Crippen LogP contribution >= 0.6 is 11.6 Å². The summed E-state index contributed by atoms with van der Waals surface area (Å²) in [6.07, 6.45) is 2.14. The van der Waals surface area contributed by atoms with Crippen LogP contribution in [0.25, 0.3) is 0 Å². The van der Waals surface area contributed by atoms with Gasteiger partial charge in [-0.3, -0.25) is 4.79 Å². The molecule has 5 nitrogen and oxygen atoms in total. The van der Waals surface area contributed by atoms with E-state index in [1.807, 2.05) is 25.1 Å². The maximum absolute atomic E-state index is 11.8. The summed E-state index contributed by atoms with van der Waals surface area (Å²) < 4.78 is 5.17. The third-order valence-corrected chi connectivity index (χ3v) is 3.04. The largest absolute Gasteiger partial charge is 0.386 e. The monoisotopic (exact) mass is 321 g/mol. The van der Waals surface area contributed by atoms with Crippen molar-refractivity contribution in [3.63, 3.8) is 0 Å². The van der Waals surface area contributed by atoms with Crippen molar-refractivity contribution in [2.75, 3.05) is 19.8 Å². The van der Waals surface area contributed by atoms with Crippen molar-refractivity contribution >= 4 is 17.5 Å². The summed E-state index contributed by atoms with van der Waals surface area (Å²) in [5, 5.41) is 15.3. The Kier molecular flexibility index (Phi) is 8.73. The number of carbonyl (C=O) groups excluding carboxylic acids is 1. The Labute approximate surface area is 135 Å². The summed E-state index contributed by atoms with van der Waals surface area (Å²) in [5.74, 6) is -0.386. The highest BCUT2D eigenvalue weighted by Crippen LogP contribution is 2.09. The highest BCUT2D eigenvalue weighted by Gasteiger charge is 2.07. The van der Waals surface area contributed by atoms with E-state index in [-0.39, 0.29) is 11.5 Å². The molecule has 1 aromatic carbocycles. The SMILES string of the molecule is CCOCCCNC(=O)/C(C#N)=C\NCc1ccc(Cl)cc1. The van der Waals surface area contributed by atoms with E-state index >= 15 is 0 Å². The minimum Gasteiger partial charge on any atom is -0.386 e. The number of hydrogen-bond acceptors (Lipinski definition) is 4. The average Bonchev–Trinajstić information content (AvgIpc) is 2.53. The Balaban J connectivity index is 2.37. The van der Waals surface area contributed by atoms with E-state index in [0.717, 1.165) is 12.0 Å². The fourth-order valence-electron chi connectivity index (χ4n) is 1.64. The highest BCUT2D eigenvalue weighted by molar-refractivity contribution is 6.30. The second-order valence-corrected chi connectivity index (χ2v) is 4.92. The fourth-order valence-corrected chi connectivity index (χ4v) is 1.76. The number of nitrogens with zero attached hydrogens (tertiary/aromatic N) is 1. The molecule has 0 aliphatic rings. The second kappa shape index (κ2) is 10.7. The standard InChI is InChI=1S/C16H20ClN3O2/c1-2-22-9-3-8-20-16(21)14(10-18)12-19-11-13-4-6-15(17)7-5-13/h4-7,12,19H,2-3,8-9,11H2,1H3,(H,20,21)/b14-12-. The van der Waals surface area contributed by atoms with E-state index in [4.69, 9.17) is 21.6 Å². The molecule has 0 saturated carbocycles. The quantitative estimate of drug-likeness (QED) is 0.416. The van der Waals surface area contributed by atoms with Gasteiger partial charge in [-0.05, 0) is 31.0 Å². The van der Waals surface area contributed by atoms with Gasteiger partial charge in [0.1, 0.15) is 11.6 Å². The van der Waals surface area contributed by atoms with Crippen molar-refractivity contribution in [1.29, 1.82) is 5.26 Å². The first kappa shape index (κ1) is 18.0. The summed E-state index contributed by atoms with van der Waals surface area (Å²) in [6, 6.07) is 9.22. The number of hydrogen-bond donors (Lipinski definition) is 2. The van der Waals surface area contributed by atoms with Crippen LogP contribution in [-0.2, 0) is 16.1 Å². The molecule has 118 valence electrons. The molecule has 0 bridgehead atoms. The number of ether oxygens (including phenoxy) is 1. The summed E-state index contributed by atoms with van der Waals surface area (Å²) >= 11 is 5.80. The van der Waals surface area contributed by atoms with Gasteiger partial charge in [0.05, 0.1) is 0 Å². The number of nitrogens with one attached hydrogen (secondary N) is 2. The minimum absolute atomic E-state index is 0.0466. The van der Waals surface area contributed by atoms with E-state index in [1.54, 1.807) is 12.1 Å². The average molecular weight is 322 g/mol. The number of nitriles is 1. The van der Waals surface area contributed by atoms with Crippen molar-refractivity contribution in [2.24, 2.45) is 0 Å². The lowest BCUT2D eigenvalue weighted by Gasteiger charge is -2.05. The van der Waals surface area contributed by atoms with E-state index < -0.39 is 0 Å². The lowest BCUT2D eigenvalue weighted by atomic mass is 10.2. The van der Waals surface area contributed by atoms with Crippen molar-refractivity contribution in [3.8, 4) is 6.07 Å². The highest BCUT2D eigenvalue weighted by atomic mass is 35.5. The molecule has 0 radical (unpaired) electrons. The van der Waals surface area contributed by atoms with E-state index in [1.165, 1.54) is 6.20 Å². The van der Waals surface area contributed by atoms with Crippen molar-refractivity contribution in [2.45, 2.75) is 19.9 Å². The van der Waals surface area contributed by atoms with Gasteiger partial charge < -0.3 is 15.4 Å².